The van der Waals surface area contributed by atoms with Gasteiger partial charge in [-0.3, -0.25) is 9.69 Å². The molecule has 2 fully saturated rings. The van der Waals surface area contributed by atoms with Crippen molar-refractivity contribution in [2.24, 2.45) is 0 Å². The van der Waals surface area contributed by atoms with Gasteiger partial charge in [-0.2, -0.15) is 0 Å². The Bertz CT molecular complexity index is 537. The lowest BCUT2D eigenvalue weighted by molar-refractivity contribution is -0.121. The minimum atomic E-state index is -0.120. The van der Waals surface area contributed by atoms with Crippen LogP contribution in [-0.4, -0.2) is 54.0 Å². The normalized spacial score (nSPS) is 22.2. The van der Waals surface area contributed by atoms with Gasteiger partial charge >= 0.3 is 0 Å². The fraction of sp³-hybridized carbons (Fsp3) is 0.611. The molecule has 1 aromatic carbocycles. The van der Waals surface area contributed by atoms with Crippen molar-refractivity contribution < 1.29 is 4.79 Å². The lowest BCUT2D eigenvalue weighted by Crippen LogP contribution is -2.50. The SMILES string of the molecule is C[C@@H](C(=O)Nc1ccccc1Cl)N1CCC(N2CCCC2)CC1. The average Bonchev–Trinajstić information content (AvgIpc) is 3.11. The van der Waals surface area contributed by atoms with Gasteiger partial charge < -0.3 is 10.2 Å². The summed E-state index contributed by atoms with van der Waals surface area (Å²) in [6.45, 7) is 6.50. The average molecular weight is 336 g/mol. The third kappa shape index (κ3) is 4.06. The van der Waals surface area contributed by atoms with Crippen molar-refractivity contribution in [1.82, 2.24) is 9.80 Å². The molecular formula is C18H26ClN3O. The van der Waals surface area contributed by atoms with E-state index in [-0.39, 0.29) is 11.9 Å². The number of likely N-dealkylation sites (tertiary alicyclic amines) is 2. The maximum atomic E-state index is 12.5. The highest BCUT2D eigenvalue weighted by Gasteiger charge is 2.30. The molecule has 2 aliphatic rings. The van der Waals surface area contributed by atoms with Crippen LogP contribution >= 0.6 is 11.6 Å². The molecule has 0 aliphatic carbocycles. The first-order chi connectivity index (χ1) is 11.1. The van der Waals surface area contributed by atoms with Gasteiger partial charge in [0.1, 0.15) is 0 Å². The Morgan fingerprint density at radius 1 is 1.17 bits per heavy atom. The van der Waals surface area contributed by atoms with Gasteiger partial charge in [-0.1, -0.05) is 23.7 Å². The quantitative estimate of drug-likeness (QED) is 0.917. The molecular weight excluding hydrogens is 310 g/mol. The lowest BCUT2D eigenvalue weighted by atomic mass is 10.0. The topological polar surface area (TPSA) is 35.6 Å². The van der Waals surface area contributed by atoms with Crippen molar-refractivity contribution >= 4 is 23.2 Å². The van der Waals surface area contributed by atoms with Gasteiger partial charge in [0.25, 0.3) is 0 Å². The number of hydrogen-bond acceptors (Lipinski definition) is 3. The van der Waals surface area contributed by atoms with E-state index in [1.807, 2.05) is 25.1 Å². The van der Waals surface area contributed by atoms with E-state index in [4.69, 9.17) is 11.6 Å². The molecule has 0 unspecified atom stereocenters. The predicted molar refractivity (Wildman–Crippen MR) is 94.9 cm³/mol. The van der Waals surface area contributed by atoms with Crippen LogP contribution in [0.2, 0.25) is 5.02 Å². The minimum absolute atomic E-state index is 0.0257. The van der Waals surface area contributed by atoms with E-state index in [1.54, 1.807) is 6.07 Å². The molecule has 23 heavy (non-hydrogen) atoms. The number of halogens is 1. The summed E-state index contributed by atoms with van der Waals surface area (Å²) in [5.41, 5.74) is 0.693. The number of carbonyl (C=O) groups is 1. The number of amides is 1. The molecule has 1 atom stereocenters. The number of nitrogens with one attached hydrogen (secondary N) is 1. The van der Waals surface area contributed by atoms with E-state index in [2.05, 4.69) is 15.1 Å². The zero-order valence-corrected chi connectivity index (χ0v) is 14.6. The molecule has 2 saturated heterocycles. The molecule has 126 valence electrons. The Morgan fingerprint density at radius 2 is 1.83 bits per heavy atom. The summed E-state index contributed by atoms with van der Waals surface area (Å²) < 4.78 is 0. The van der Waals surface area contributed by atoms with Gasteiger partial charge in [0.2, 0.25) is 5.91 Å². The Balaban J connectivity index is 1.51. The molecule has 2 aliphatic heterocycles. The van der Waals surface area contributed by atoms with Crippen molar-refractivity contribution in [2.75, 3.05) is 31.5 Å². The predicted octanol–water partition coefficient (Wildman–Crippen LogP) is 3.23. The van der Waals surface area contributed by atoms with E-state index in [1.165, 1.54) is 38.8 Å². The molecule has 2 heterocycles. The van der Waals surface area contributed by atoms with Crippen LogP contribution in [0.25, 0.3) is 0 Å². The molecule has 1 amide bonds. The molecule has 3 rings (SSSR count). The van der Waals surface area contributed by atoms with Gasteiger partial charge in [-0.25, -0.2) is 0 Å². The number of piperidine rings is 1. The Kier molecular flexibility index (Phi) is 5.57. The third-order valence-corrected chi connectivity index (χ3v) is 5.54. The Hall–Kier alpha value is -1.10. The van der Waals surface area contributed by atoms with E-state index in [0.29, 0.717) is 16.8 Å². The van der Waals surface area contributed by atoms with E-state index >= 15 is 0 Å². The van der Waals surface area contributed by atoms with Crippen LogP contribution in [0.1, 0.15) is 32.6 Å². The third-order valence-electron chi connectivity index (χ3n) is 5.22. The van der Waals surface area contributed by atoms with Crippen LogP contribution in [0, 0.1) is 0 Å². The lowest BCUT2D eigenvalue weighted by Gasteiger charge is -2.38. The van der Waals surface area contributed by atoms with Crippen LogP contribution in [0.4, 0.5) is 5.69 Å². The summed E-state index contributed by atoms with van der Waals surface area (Å²) >= 11 is 6.12. The maximum absolute atomic E-state index is 12.5. The van der Waals surface area contributed by atoms with Crippen molar-refractivity contribution in [2.45, 2.75) is 44.7 Å². The number of hydrogen-bond donors (Lipinski definition) is 1. The smallest absolute Gasteiger partial charge is 0.241 e. The number of para-hydroxylation sites is 1. The Labute approximate surface area is 143 Å². The van der Waals surface area contributed by atoms with Crippen LogP contribution in [0.5, 0.6) is 0 Å². The second-order valence-corrected chi connectivity index (χ2v) is 7.06. The summed E-state index contributed by atoms with van der Waals surface area (Å²) in [6.07, 6.45) is 5.03. The summed E-state index contributed by atoms with van der Waals surface area (Å²) in [5, 5.41) is 3.53. The van der Waals surface area contributed by atoms with Gasteiger partial charge in [0.15, 0.2) is 0 Å². The highest BCUT2D eigenvalue weighted by Crippen LogP contribution is 2.24. The van der Waals surface area contributed by atoms with E-state index < -0.39 is 0 Å². The number of carbonyl (C=O) groups excluding carboxylic acids is 1. The van der Waals surface area contributed by atoms with E-state index in [9.17, 15) is 4.79 Å². The number of nitrogens with zero attached hydrogens (tertiary/aromatic N) is 2. The minimum Gasteiger partial charge on any atom is -0.323 e. The zero-order chi connectivity index (χ0) is 16.2. The second kappa shape index (κ2) is 7.65. The summed E-state index contributed by atoms with van der Waals surface area (Å²) in [7, 11) is 0. The summed E-state index contributed by atoms with van der Waals surface area (Å²) in [4.78, 5) is 17.4. The first-order valence-electron chi connectivity index (χ1n) is 8.68. The highest BCUT2D eigenvalue weighted by molar-refractivity contribution is 6.33. The standard InChI is InChI=1S/C18H26ClN3O/c1-14(18(23)20-17-7-3-2-6-16(17)19)21-12-8-15(9-13-21)22-10-4-5-11-22/h2-3,6-7,14-15H,4-5,8-13H2,1H3,(H,20,23)/t14-/m0/s1. The van der Waals surface area contributed by atoms with Crippen LogP contribution in [0.3, 0.4) is 0 Å². The molecule has 0 bridgehead atoms. The molecule has 0 spiro atoms. The first kappa shape index (κ1) is 16.7. The van der Waals surface area contributed by atoms with Crippen LogP contribution in [0.15, 0.2) is 24.3 Å². The van der Waals surface area contributed by atoms with Gasteiger partial charge in [-0.05, 0) is 57.8 Å². The van der Waals surface area contributed by atoms with Crippen molar-refractivity contribution in [3.8, 4) is 0 Å². The maximum Gasteiger partial charge on any atom is 0.241 e. The number of benzene rings is 1. The molecule has 5 heteroatoms. The highest BCUT2D eigenvalue weighted by atomic mass is 35.5. The Morgan fingerprint density at radius 3 is 2.48 bits per heavy atom. The molecule has 0 radical (unpaired) electrons. The van der Waals surface area contributed by atoms with Crippen molar-refractivity contribution in [3.63, 3.8) is 0 Å². The van der Waals surface area contributed by atoms with Gasteiger partial charge in [-0.15, -0.1) is 0 Å². The van der Waals surface area contributed by atoms with Gasteiger partial charge in [0.05, 0.1) is 16.8 Å². The second-order valence-electron chi connectivity index (χ2n) is 6.66. The van der Waals surface area contributed by atoms with Gasteiger partial charge in [0, 0.05) is 19.1 Å². The molecule has 4 nitrogen and oxygen atoms in total. The van der Waals surface area contributed by atoms with Crippen molar-refractivity contribution in [3.05, 3.63) is 29.3 Å². The van der Waals surface area contributed by atoms with Crippen LogP contribution in [-0.2, 0) is 4.79 Å². The van der Waals surface area contributed by atoms with Crippen LogP contribution < -0.4 is 5.32 Å². The first-order valence-corrected chi connectivity index (χ1v) is 9.06. The summed E-state index contributed by atoms with van der Waals surface area (Å²) in [5.74, 6) is 0.0257. The molecule has 0 saturated carbocycles. The molecule has 0 aromatic heterocycles. The largest absolute Gasteiger partial charge is 0.323 e. The van der Waals surface area contributed by atoms with Crippen molar-refractivity contribution in [1.29, 1.82) is 0 Å². The number of anilines is 1. The monoisotopic (exact) mass is 335 g/mol. The van der Waals surface area contributed by atoms with E-state index in [0.717, 1.165) is 13.1 Å². The zero-order valence-electron chi connectivity index (χ0n) is 13.8. The number of rotatable bonds is 4. The fourth-order valence-electron chi connectivity index (χ4n) is 3.71. The summed E-state index contributed by atoms with van der Waals surface area (Å²) in [6, 6.07) is 7.98. The molecule has 1 N–H and O–H groups in total. The molecule has 1 aromatic rings. The fourth-order valence-corrected chi connectivity index (χ4v) is 3.89.